The van der Waals surface area contributed by atoms with Crippen LogP contribution in [-0.2, 0) is 11.3 Å². The van der Waals surface area contributed by atoms with Crippen LogP contribution in [0, 0.1) is 5.82 Å². The fourth-order valence-corrected chi connectivity index (χ4v) is 1.34. The topological polar surface area (TPSA) is 35.2 Å². The first kappa shape index (κ1) is 13.4. The molecule has 0 spiro atoms. The lowest BCUT2D eigenvalue weighted by molar-refractivity contribution is 0.0760. The molecule has 0 aliphatic rings. The summed E-state index contributed by atoms with van der Waals surface area (Å²) in [6.45, 7) is 4.49. The average molecular weight is 246 g/mol. The van der Waals surface area contributed by atoms with Gasteiger partial charge in [-0.15, -0.1) is 0 Å². The van der Waals surface area contributed by atoms with Crippen molar-refractivity contribution in [3.8, 4) is 0 Å². The Morgan fingerprint density at radius 1 is 1.50 bits per heavy atom. The molecule has 1 aromatic carbocycles. The molecule has 0 aliphatic carbocycles. The first-order valence-electron chi connectivity index (χ1n) is 5.25. The van der Waals surface area contributed by atoms with Gasteiger partial charge in [0.2, 0.25) is 0 Å². The Morgan fingerprint density at radius 3 is 2.81 bits per heavy atom. The van der Waals surface area contributed by atoms with Crippen molar-refractivity contribution in [1.82, 2.24) is 0 Å². The summed E-state index contributed by atoms with van der Waals surface area (Å²) >= 11 is 5.77. The monoisotopic (exact) mass is 245 g/mol. The molecular weight excluding hydrogens is 229 g/mol. The van der Waals surface area contributed by atoms with Gasteiger partial charge in [-0.1, -0.05) is 18.5 Å². The molecule has 1 aromatic rings. The Labute approximate surface area is 101 Å². The highest BCUT2D eigenvalue weighted by molar-refractivity contribution is 6.30. The normalized spacial score (nSPS) is 14.8. The van der Waals surface area contributed by atoms with Crippen molar-refractivity contribution in [3.05, 3.63) is 34.6 Å². The van der Waals surface area contributed by atoms with Crippen molar-refractivity contribution < 1.29 is 9.13 Å². The Kier molecular flexibility index (Phi) is 4.71. The van der Waals surface area contributed by atoms with Crippen molar-refractivity contribution in [3.63, 3.8) is 0 Å². The van der Waals surface area contributed by atoms with E-state index in [9.17, 15) is 4.39 Å². The van der Waals surface area contributed by atoms with Gasteiger partial charge in [-0.25, -0.2) is 4.39 Å². The van der Waals surface area contributed by atoms with E-state index in [2.05, 4.69) is 0 Å². The van der Waals surface area contributed by atoms with E-state index in [0.717, 1.165) is 6.42 Å². The Hall–Kier alpha value is -0.640. The number of nitrogens with two attached hydrogens (primary N) is 1. The predicted octanol–water partition coefficient (Wildman–Crippen LogP) is 3.12. The van der Waals surface area contributed by atoms with E-state index in [-0.39, 0.29) is 18.0 Å². The van der Waals surface area contributed by atoms with Crippen LogP contribution in [0.5, 0.6) is 0 Å². The number of hydrogen-bond acceptors (Lipinski definition) is 2. The van der Waals surface area contributed by atoms with E-state index in [4.69, 9.17) is 22.1 Å². The van der Waals surface area contributed by atoms with Gasteiger partial charge in [0.15, 0.2) is 0 Å². The van der Waals surface area contributed by atoms with Crippen LogP contribution in [0.1, 0.15) is 25.8 Å². The zero-order valence-corrected chi connectivity index (χ0v) is 10.4. The number of ether oxygens (including phenoxy) is 1. The van der Waals surface area contributed by atoms with Crippen molar-refractivity contribution in [2.45, 2.75) is 32.4 Å². The summed E-state index contributed by atoms with van der Waals surface area (Å²) in [4.78, 5) is 0. The molecule has 1 unspecified atom stereocenters. The van der Waals surface area contributed by atoms with E-state index in [1.54, 1.807) is 6.07 Å². The second-order valence-corrected chi connectivity index (χ2v) is 4.67. The maximum Gasteiger partial charge on any atom is 0.128 e. The molecule has 2 nitrogen and oxygen atoms in total. The van der Waals surface area contributed by atoms with Crippen molar-refractivity contribution >= 4 is 11.6 Å². The van der Waals surface area contributed by atoms with E-state index >= 15 is 0 Å². The summed E-state index contributed by atoms with van der Waals surface area (Å²) in [7, 11) is 0. The molecule has 0 saturated heterocycles. The molecule has 0 aliphatic heterocycles. The van der Waals surface area contributed by atoms with Gasteiger partial charge in [-0.2, -0.15) is 0 Å². The first-order chi connectivity index (χ1) is 7.44. The highest BCUT2D eigenvalue weighted by Gasteiger charge is 2.15. The minimum Gasteiger partial charge on any atom is -0.375 e. The number of hydrogen-bond donors (Lipinski definition) is 1. The fraction of sp³-hybridized carbons (Fsp3) is 0.500. The quantitative estimate of drug-likeness (QED) is 0.865. The van der Waals surface area contributed by atoms with Crippen LogP contribution < -0.4 is 5.73 Å². The van der Waals surface area contributed by atoms with Crippen LogP contribution in [0.15, 0.2) is 18.2 Å². The molecule has 0 amide bonds. The summed E-state index contributed by atoms with van der Waals surface area (Å²) in [5.74, 6) is -0.306. The maximum absolute atomic E-state index is 13.3. The number of rotatable bonds is 5. The Bertz CT molecular complexity index is 355. The summed E-state index contributed by atoms with van der Waals surface area (Å²) in [5.41, 5.74) is 6.00. The highest BCUT2D eigenvalue weighted by atomic mass is 35.5. The van der Waals surface area contributed by atoms with Gasteiger partial charge in [-0.3, -0.25) is 0 Å². The van der Waals surface area contributed by atoms with E-state index in [1.807, 2.05) is 13.8 Å². The van der Waals surface area contributed by atoms with Gasteiger partial charge in [0.05, 0.1) is 13.2 Å². The molecule has 0 saturated carbocycles. The molecule has 0 heterocycles. The fourth-order valence-electron chi connectivity index (χ4n) is 1.15. The molecule has 16 heavy (non-hydrogen) atoms. The van der Waals surface area contributed by atoms with Gasteiger partial charge in [0.25, 0.3) is 0 Å². The molecule has 0 aromatic heterocycles. The third-order valence-electron chi connectivity index (χ3n) is 2.50. The largest absolute Gasteiger partial charge is 0.375 e. The second kappa shape index (κ2) is 5.62. The van der Waals surface area contributed by atoms with E-state index in [1.165, 1.54) is 12.1 Å². The lowest BCUT2D eigenvalue weighted by atomic mass is 10.0. The highest BCUT2D eigenvalue weighted by Crippen LogP contribution is 2.16. The Morgan fingerprint density at radius 2 is 2.19 bits per heavy atom. The SMILES string of the molecule is CCC(C)(N)COCc1cc(Cl)ccc1F. The maximum atomic E-state index is 13.3. The molecule has 0 radical (unpaired) electrons. The molecule has 0 bridgehead atoms. The van der Waals surface area contributed by atoms with Crippen LogP contribution in [-0.4, -0.2) is 12.1 Å². The van der Waals surface area contributed by atoms with Crippen molar-refractivity contribution in [2.75, 3.05) is 6.61 Å². The third kappa shape index (κ3) is 4.08. The molecule has 1 atom stereocenters. The summed E-state index contributed by atoms with van der Waals surface area (Å²) in [6.07, 6.45) is 0.811. The molecule has 4 heteroatoms. The summed E-state index contributed by atoms with van der Waals surface area (Å²) < 4.78 is 18.7. The molecule has 90 valence electrons. The minimum atomic E-state index is -0.366. The van der Waals surface area contributed by atoms with Crippen LogP contribution in [0.3, 0.4) is 0 Å². The second-order valence-electron chi connectivity index (χ2n) is 4.24. The van der Waals surface area contributed by atoms with Crippen LogP contribution >= 0.6 is 11.6 Å². The van der Waals surface area contributed by atoms with E-state index in [0.29, 0.717) is 17.2 Å². The number of benzene rings is 1. The third-order valence-corrected chi connectivity index (χ3v) is 2.74. The van der Waals surface area contributed by atoms with Gasteiger partial charge < -0.3 is 10.5 Å². The average Bonchev–Trinajstić information content (AvgIpc) is 2.23. The smallest absolute Gasteiger partial charge is 0.128 e. The predicted molar refractivity (Wildman–Crippen MR) is 63.9 cm³/mol. The van der Waals surface area contributed by atoms with Crippen LogP contribution in [0.25, 0.3) is 0 Å². The zero-order valence-electron chi connectivity index (χ0n) is 9.59. The van der Waals surface area contributed by atoms with Gasteiger partial charge >= 0.3 is 0 Å². The lowest BCUT2D eigenvalue weighted by Gasteiger charge is -2.22. The molecule has 0 fully saturated rings. The zero-order chi connectivity index (χ0) is 12.2. The van der Waals surface area contributed by atoms with Crippen molar-refractivity contribution in [1.29, 1.82) is 0 Å². The standard InChI is InChI=1S/C12H17ClFNO/c1-3-12(2,15)8-16-7-9-6-10(13)4-5-11(9)14/h4-6H,3,7-8,15H2,1-2H3. The molecule has 2 N–H and O–H groups in total. The van der Waals surface area contributed by atoms with Gasteiger partial charge in [0.1, 0.15) is 5.82 Å². The lowest BCUT2D eigenvalue weighted by Crippen LogP contribution is -2.40. The number of halogens is 2. The van der Waals surface area contributed by atoms with E-state index < -0.39 is 0 Å². The first-order valence-corrected chi connectivity index (χ1v) is 5.63. The van der Waals surface area contributed by atoms with Gasteiger partial charge in [0, 0.05) is 16.1 Å². The van der Waals surface area contributed by atoms with Crippen LogP contribution in [0.4, 0.5) is 4.39 Å². The van der Waals surface area contributed by atoms with Gasteiger partial charge in [-0.05, 0) is 31.5 Å². The van der Waals surface area contributed by atoms with Crippen LogP contribution in [0.2, 0.25) is 5.02 Å². The minimum absolute atomic E-state index is 0.194. The molecular formula is C12H17ClFNO. The molecule has 1 rings (SSSR count). The van der Waals surface area contributed by atoms with Crippen molar-refractivity contribution in [2.24, 2.45) is 5.73 Å². The summed E-state index contributed by atoms with van der Waals surface area (Å²) in [5, 5.41) is 0.506. The summed E-state index contributed by atoms with van der Waals surface area (Å²) in [6, 6.07) is 4.42. The Balaban J connectivity index is 2.52.